The highest BCUT2D eigenvalue weighted by atomic mass is 32.2. The van der Waals surface area contributed by atoms with E-state index in [1.54, 1.807) is 13.0 Å². The normalized spacial score (nSPS) is 13.2. The van der Waals surface area contributed by atoms with Crippen LogP contribution in [-0.4, -0.2) is 25.6 Å². The maximum Gasteiger partial charge on any atom is 0.238 e. The van der Waals surface area contributed by atoms with E-state index in [1.807, 2.05) is 13.8 Å². The third-order valence-electron chi connectivity index (χ3n) is 3.67. The minimum Gasteiger partial charge on any atom is -0.399 e. The molecule has 0 radical (unpaired) electrons. The number of sulfone groups is 1. The second-order valence-corrected chi connectivity index (χ2v) is 7.47. The first kappa shape index (κ1) is 17.5. The summed E-state index contributed by atoms with van der Waals surface area (Å²) in [6.07, 6.45) is 1.55. The van der Waals surface area contributed by atoms with Crippen LogP contribution in [0.15, 0.2) is 23.1 Å². The van der Waals surface area contributed by atoms with Crippen LogP contribution in [0.4, 0.5) is 5.69 Å². The van der Waals surface area contributed by atoms with Crippen LogP contribution in [0.2, 0.25) is 0 Å². The molecule has 0 aliphatic rings. The number of carbonyl (C=O) groups excluding carboxylic acids is 1. The van der Waals surface area contributed by atoms with Crippen LogP contribution >= 0.6 is 0 Å². The summed E-state index contributed by atoms with van der Waals surface area (Å²) in [5.74, 6) is -0.458. The Morgan fingerprint density at radius 2 is 1.86 bits per heavy atom. The SMILES string of the molecule is CCC(CC)NC(=O)C(C)S(=O)(=O)c1ccc(N)cc1C. The van der Waals surface area contributed by atoms with E-state index in [0.29, 0.717) is 11.3 Å². The third kappa shape index (κ3) is 3.97. The number of rotatable bonds is 6. The fourth-order valence-electron chi connectivity index (χ4n) is 2.13. The van der Waals surface area contributed by atoms with Crippen molar-refractivity contribution in [3.05, 3.63) is 23.8 Å². The van der Waals surface area contributed by atoms with E-state index in [2.05, 4.69) is 5.32 Å². The quantitative estimate of drug-likeness (QED) is 0.787. The van der Waals surface area contributed by atoms with Crippen molar-refractivity contribution >= 4 is 21.4 Å². The molecule has 1 aromatic rings. The molecule has 118 valence electrons. The number of carbonyl (C=O) groups is 1. The van der Waals surface area contributed by atoms with E-state index >= 15 is 0 Å². The van der Waals surface area contributed by atoms with Crippen LogP contribution in [0.3, 0.4) is 0 Å². The number of aryl methyl sites for hydroxylation is 1. The summed E-state index contributed by atoms with van der Waals surface area (Å²) >= 11 is 0. The van der Waals surface area contributed by atoms with Crippen molar-refractivity contribution in [3.63, 3.8) is 0 Å². The Morgan fingerprint density at radius 1 is 1.29 bits per heavy atom. The molecule has 21 heavy (non-hydrogen) atoms. The van der Waals surface area contributed by atoms with Crippen molar-refractivity contribution in [2.45, 2.75) is 56.7 Å². The Bertz CT molecular complexity index is 607. The molecule has 5 nitrogen and oxygen atoms in total. The van der Waals surface area contributed by atoms with Gasteiger partial charge >= 0.3 is 0 Å². The van der Waals surface area contributed by atoms with Crippen molar-refractivity contribution in [3.8, 4) is 0 Å². The lowest BCUT2D eigenvalue weighted by molar-refractivity contribution is -0.121. The lowest BCUT2D eigenvalue weighted by atomic mass is 10.2. The standard InChI is InChI=1S/C15H24N2O3S/c1-5-13(6-2)17-15(18)11(4)21(19,20)14-8-7-12(16)9-10(14)3/h7-9,11,13H,5-6,16H2,1-4H3,(H,17,18). The molecule has 1 amide bonds. The highest BCUT2D eigenvalue weighted by Gasteiger charge is 2.31. The highest BCUT2D eigenvalue weighted by molar-refractivity contribution is 7.92. The molecule has 0 saturated heterocycles. The molecule has 0 aliphatic carbocycles. The molecule has 0 heterocycles. The smallest absolute Gasteiger partial charge is 0.238 e. The minimum atomic E-state index is -3.72. The van der Waals surface area contributed by atoms with Crippen LogP contribution in [0.25, 0.3) is 0 Å². The first-order valence-corrected chi connectivity index (χ1v) is 8.69. The Balaban J connectivity index is 3.04. The lowest BCUT2D eigenvalue weighted by Gasteiger charge is -2.19. The average Bonchev–Trinajstić information content (AvgIpc) is 2.43. The maximum atomic E-state index is 12.6. The second kappa shape index (κ2) is 6.93. The summed E-state index contributed by atoms with van der Waals surface area (Å²) in [5, 5.41) is 1.66. The molecule has 6 heteroatoms. The van der Waals surface area contributed by atoms with Gasteiger partial charge in [0.1, 0.15) is 5.25 Å². The zero-order valence-electron chi connectivity index (χ0n) is 13.0. The van der Waals surface area contributed by atoms with Gasteiger partial charge in [-0.15, -0.1) is 0 Å². The first-order chi connectivity index (χ1) is 9.73. The molecule has 0 aromatic heterocycles. The Labute approximate surface area is 126 Å². The molecule has 0 aliphatic heterocycles. The molecule has 1 unspecified atom stereocenters. The molecule has 0 saturated carbocycles. The summed E-state index contributed by atoms with van der Waals surface area (Å²) in [4.78, 5) is 12.3. The van der Waals surface area contributed by atoms with Gasteiger partial charge in [0.2, 0.25) is 5.91 Å². The van der Waals surface area contributed by atoms with Crippen molar-refractivity contribution < 1.29 is 13.2 Å². The van der Waals surface area contributed by atoms with Crippen LogP contribution in [0, 0.1) is 6.92 Å². The number of hydrogen-bond acceptors (Lipinski definition) is 4. The first-order valence-electron chi connectivity index (χ1n) is 7.14. The molecule has 0 spiro atoms. The van der Waals surface area contributed by atoms with Crippen molar-refractivity contribution in [2.75, 3.05) is 5.73 Å². The monoisotopic (exact) mass is 312 g/mol. The fourth-order valence-corrected chi connectivity index (χ4v) is 3.63. The van der Waals surface area contributed by atoms with E-state index < -0.39 is 21.0 Å². The topological polar surface area (TPSA) is 89.3 Å². The summed E-state index contributed by atoms with van der Waals surface area (Å²) in [6, 6.07) is 4.59. The van der Waals surface area contributed by atoms with Gasteiger partial charge in [0, 0.05) is 11.7 Å². The van der Waals surface area contributed by atoms with E-state index in [9.17, 15) is 13.2 Å². The summed E-state index contributed by atoms with van der Waals surface area (Å²) < 4.78 is 25.1. The maximum absolute atomic E-state index is 12.6. The largest absolute Gasteiger partial charge is 0.399 e. The zero-order chi connectivity index (χ0) is 16.2. The Kier molecular flexibility index (Phi) is 5.78. The number of nitrogen functional groups attached to an aromatic ring is 1. The molecule has 1 rings (SSSR count). The van der Waals surface area contributed by atoms with Gasteiger partial charge in [-0.3, -0.25) is 4.79 Å². The summed E-state index contributed by atoms with van der Waals surface area (Å²) in [5.41, 5.74) is 6.69. The molecule has 0 fully saturated rings. The fraction of sp³-hybridized carbons (Fsp3) is 0.533. The third-order valence-corrected chi connectivity index (χ3v) is 5.89. The van der Waals surface area contributed by atoms with Crippen molar-refractivity contribution in [1.82, 2.24) is 5.32 Å². The number of hydrogen-bond donors (Lipinski definition) is 2. The van der Waals surface area contributed by atoms with Gasteiger partial charge in [-0.2, -0.15) is 0 Å². The average molecular weight is 312 g/mol. The second-order valence-electron chi connectivity index (χ2n) is 5.23. The van der Waals surface area contributed by atoms with E-state index in [1.165, 1.54) is 19.1 Å². The van der Waals surface area contributed by atoms with Gasteiger partial charge < -0.3 is 11.1 Å². The van der Waals surface area contributed by atoms with Crippen LogP contribution < -0.4 is 11.1 Å². The van der Waals surface area contributed by atoms with Crippen LogP contribution in [0.1, 0.15) is 39.2 Å². The number of benzene rings is 1. The van der Waals surface area contributed by atoms with Gasteiger partial charge in [0.25, 0.3) is 0 Å². The van der Waals surface area contributed by atoms with Gasteiger partial charge in [-0.05, 0) is 50.5 Å². The number of anilines is 1. The lowest BCUT2D eigenvalue weighted by Crippen LogP contribution is -2.43. The molecule has 1 atom stereocenters. The number of nitrogens with two attached hydrogens (primary N) is 1. The van der Waals surface area contributed by atoms with Gasteiger partial charge in [-0.1, -0.05) is 13.8 Å². The number of nitrogens with one attached hydrogen (secondary N) is 1. The van der Waals surface area contributed by atoms with Gasteiger partial charge in [0.15, 0.2) is 9.84 Å². The number of amides is 1. The molecular formula is C15H24N2O3S. The predicted molar refractivity (Wildman–Crippen MR) is 84.8 cm³/mol. The minimum absolute atomic E-state index is 0.00247. The van der Waals surface area contributed by atoms with Gasteiger partial charge in [0.05, 0.1) is 4.90 Å². The highest BCUT2D eigenvalue weighted by Crippen LogP contribution is 2.22. The van der Waals surface area contributed by atoms with E-state index in [-0.39, 0.29) is 10.9 Å². The Morgan fingerprint density at radius 3 is 2.33 bits per heavy atom. The van der Waals surface area contributed by atoms with Crippen LogP contribution in [-0.2, 0) is 14.6 Å². The molecule has 0 bridgehead atoms. The molecule has 3 N–H and O–H groups in total. The summed E-state index contributed by atoms with van der Waals surface area (Å²) in [6.45, 7) is 7.01. The predicted octanol–water partition coefficient (Wildman–Crippen LogP) is 2.04. The molecular weight excluding hydrogens is 288 g/mol. The van der Waals surface area contributed by atoms with Crippen LogP contribution in [0.5, 0.6) is 0 Å². The van der Waals surface area contributed by atoms with Crippen molar-refractivity contribution in [1.29, 1.82) is 0 Å². The zero-order valence-corrected chi connectivity index (χ0v) is 13.8. The van der Waals surface area contributed by atoms with Gasteiger partial charge in [-0.25, -0.2) is 8.42 Å². The molecule has 1 aromatic carbocycles. The summed E-state index contributed by atoms with van der Waals surface area (Å²) in [7, 11) is -3.72. The van der Waals surface area contributed by atoms with E-state index in [0.717, 1.165) is 12.8 Å². The Hall–Kier alpha value is -1.56. The van der Waals surface area contributed by atoms with E-state index in [4.69, 9.17) is 5.73 Å². The van der Waals surface area contributed by atoms with Crippen molar-refractivity contribution in [2.24, 2.45) is 0 Å².